The van der Waals surface area contributed by atoms with Crippen LogP contribution >= 0.6 is 0 Å². The predicted molar refractivity (Wildman–Crippen MR) is 101 cm³/mol. The van der Waals surface area contributed by atoms with Crippen molar-refractivity contribution in [3.8, 4) is 0 Å². The summed E-state index contributed by atoms with van der Waals surface area (Å²) in [4.78, 5) is 19.4. The fourth-order valence-corrected chi connectivity index (χ4v) is 3.70. The van der Waals surface area contributed by atoms with Crippen LogP contribution in [-0.4, -0.2) is 22.0 Å². The molecule has 3 aromatic rings. The van der Waals surface area contributed by atoms with Gasteiger partial charge in [-0.05, 0) is 30.2 Å². The predicted octanol–water partition coefficient (Wildman–Crippen LogP) is 4.21. The van der Waals surface area contributed by atoms with Gasteiger partial charge in [-0.3, -0.25) is 4.79 Å². The molecular formula is C21H23N3O. The minimum atomic E-state index is 0.138. The van der Waals surface area contributed by atoms with E-state index in [1.807, 2.05) is 41.3 Å². The highest BCUT2D eigenvalue weighted by Gasteiger charge is 2.34. The van der Waals surface area contributed by atoms with Crippen molar-refractivity contribution in [3.05, 3.63) is 60.4 Å². The first-order valence-corrected chi connectivity index (χ1v) is 8.94. The molecule has 4 nitrogen and oxygen atoms in total. The number of nitrogens with zero attached hydrogens (tertiary/aromatic N) is 3. The smallest absolute Gasteiger partial charge is 0.227 e. The van der Waals surface area contributed by atoms with E-state index in [-0.39, 0.29) is 11.8 Å². The second-order valence-electron chi connectivity index (χ2n) is 7.20. The summed E-state index contributed by atoms with van der Waals surface area (Å²) >= 11 is 0. The largest absolute Gasteiger partial charge is 0.327 e. The van der Waals surface area contributed by atoms with E-state index in [9.17, 15) is 4.79 Å². The van der Waals surface area contributed by atoms with Gasteiger partial charge >= 0.3 is 0 Å². The number of carbonyl (C=O) groups is 1. The summed E-state index contributed by atoms with van der Waals surface area (Å²) in [5, 5.41) is 0. The third-order valence-corrected chi connectivity index (χ3v) is 4.79. The second kappa shape index (κ2) is 6.36. The molecule has 0 saturated carbocycles. The lowest BCUT2D eigenvalue weighted by atomic mass is 10.1. The Morgan fingerprint density at radius 2 is 1.80 bits per heavy atom. The Hall–Kier alpha value is -2.62. The van der Waals surface area contributed by atoms with Gasteiger partial charge in [0.1, 0.15) is 5.82 Å². The van der Waals surface area contributed by atoms with Crippen molar-refractivity contribution >= 4 is 22.6 Å². The van der Waals surface area contributed by atoms with Gasteiger partial charge in [0.05, 0.1) is 11.0 Å². The van der Waals surface area contributed by atoms with Crippen LogP contribution in [0.3, 0.4) is 0 Å². The van der Waals surface area contributed by atoms with Crippen molar-refractivity contribution in [1.29, 1.82) is 0 Å². The third-order valence-electron chi connectivity index (χ3n) is 4.79. The van der Waals surface area contributed by atoms with Crippen molar-refractivity contribution in [1.82, 2.24) is 9.55 Å². The molecular weight excluding hydrogens is 310 g/mol. The number of hydrogen-bond acceptors (Lipinski definition) is 2. The van der Waals surface area contributed by atoms with E-state index >= 15 is 0 Å². The Kier molecular flexibility index (Phi) is 4.04. The Morgan fingerprint density at radius 3 is 2.56 bits per heavy atom. The van der Waals surface area contributed by atoms with Crippen LogP contribution in [0.5, 0.6) is 0 Å². The molecule has 0 aliphatic carbocycles. The standard InChI is InChI=1S/C21H23N3O/c1-15(2)13-24-19-11-7-6-10-18(19)22-21(24)16-12-20(25)23(14-16)17-8-4-3-5-9-17/h3-11,15-16H,12-14H2,1-2H3/t16-/m0/s1. The molecule has 0 spiro atoms. The molecule has 1 aliphatic rings. The molecule has 0 radical (unpaired) electrons. The van der Waals surface area contributed by atoms with Crippen LogP contribution in [0.1, 0.15) is 32.0 Å². The van der Waals surface area contributed by atoms with Crippen LogP contribution in [0, 0.1) is 5.92 Å². The van der Waals surface area contributed by atoms with E-state index in [0.717, 1.165) is 29.1 Å². The van der Waals surface area contributed by atoms with E-state index in [1.165, 1.54) is 0 Å². The number of aromatic nitrogens is 2. The van der Waals surface area contributed by atoms with Crippen LogP contribution in [-0.2, 0) is 11.3 Å². The molecule has 25 heavy (non-hydrogen) atoms. The van der Waals surface area contributed by atoms with Gasteiger partial charge in [0.15, 0.2) is 0 Å². The molecule has 2 aromatic carbocycles. The van der Waals surface area contributed by atoms with Crippen LogP contribution < -0.4 is 4.90 Å². The van der Waals surface area contributed by atoms with E-state index in [2.05, 4.69) is 36.6 Å². The summed E-state index contributed by atoms with van der Waals surface area (Å²) in [6, 6.07) is 18.2. The molecule has 128 valence electrons. The summed E-state index contributed by atoms with van der Waals surface area (Å²) in [6.07, 6.45) is 0.524. The fraction of sp³-hybridized carbons (Fsp3) is 0.333. The van der Waals surface area contributed by atoms with Gasteiger partial charge < -0.3 is 9.47 Å². The Labute approximate surface area is 148 Å². The number of para-hydroxylation sites is 3. The number of hydrogen-bond donors (Lipinski definition) is 0. The van der Waals surface area contributed by atoms with Crippen molar-refractivity contribution < 1.29 is 4.79 Å². The molecule has 1 aliphatic heterocycles. The fourth-order valence-electron chi connectivity index (χ4n) is 3.70. The summed E-state index contributed by atoms with van der Waals surface area (Å²) in [7, 11) is 0. The van der Waals surface area contributed by atoms with Crippen molar-refractivity contribution in [2.75, 3.05) is 11.4 Å². The highest BCUT2D eigenvalue weighted by molar-refractivity contribution is 5.96. The first kappa shape index (κ1) is 15.9. The molecule has 1 atom stereocenters. The van der Waals surface area contributed by atoms with Crippen LogP contribution in [0.4, 0.5) is 5.69 Å². The monoisotopic (exact) mass is 333 g/mol. The van der Waals surface area contributed by atoms with Crippen molar-refractivity contribution in [2.45, 2.75) is 32.7 Å². The highest BCUT2D eigenvalue weighted by atomic mass is 16.2. The van der Waals surface area contributed by atoms with Gasteiger partial charge in [0.2, 0.25) is 5.91 Å². The van der Waals surface area contributed by atoms with Crippen LogP contribution in [0.2, 0.25) is 0 Å². The van der Waals surface area contributed by atoms with Gasteiger partial charge in [0, 0.05) is 31.1 Å². The molecule has 2 heterocycles. The summed E-state index contributed by atoms with van der Waals surface area (Å²) in [6.45, 7) is 6.05. The van der Waals surface area contributed by atoms with E-state index < -0.39 is 0 Å². The Balaban J connectivity index is 1.71. The zero-order valence-corrected chi connectivity index (χ0v) is 14.7. The molecule has 1 fully saturated rings. The number of anilines is 1. The lowest BCUT2D eigenvalue weighted by Gasteiger charge is -2.18. The zero-order chi connectivity index (χ0) is 17.4. The quantitative estimate of drug-likeness (QED) is 0.717. The van der Waals surface area contributed by atoms with Gasteiger partial charge in [-0.15, -0.1) is 0 Å². The average Bonchev–Trinajstić information content (AvgIpc) is 3.16. The Bertz CT molecular complexity index is 898. The van der Waals surface area contributed by atoms with Crippen molar-refractivity contribution in [3.63, 3.8) is 0 Å². The van der Waals surface area contributed by atoms with Crippen LogP contribution in [0.25, 0.3) is 11.0 Å². The van der Waals surface area contributed by atoms with E-state index in [4.69, 9.17) is 4.98 Å². The van der Waals surface area contributed by atoms with E-state index in [1.54, 1.807) is 0 Å². The van der Waals surface area contributed by atoms with Gasteiger partial charge in [0.25, 0.3) is 0 Å². The first-order valence-electron chi connectivity index (χ1n) is 8.94. The number of rotatable bonds is 4. The molecule has 0 N–H and O–H groups in total. The summed E-state index contributed by atoms with van der Waals surface area (Å²) < 4.78 is 2.31. The lowest BCUT2D eigenvalue weighted by molar-refractivity contribution is -0.117. The van der Waals surface area contributed by atoms with Gasteiger partial charge in [-0.2, -0.15) is 0 Å². The maximum atomic E-state index is 12.6. The number of fused-ring (bicyclic) bond motifs is 1. The number of carbonyl (C=O) groups excluding carboxylic acids is 1. The molecule has 4 rings (SSSR count). The maximum Gasteiger partial charge on any atom is 0.227 e. The number of benzene rings is 2. The number of amides is 1. The second-order valence-corrected chi connectivity index (χ2v) is 7.20. The topological polar surface area (TPSA) is 38.1 Å². The molecule has 4 heteroatoms. The average molecular weight is 333 g/mol. The van der Waals surface area contributed by atoms with Gasteiger partial charge in [-0.1, -0.05) is 44.2 Å². The maximum absolute atomic E-state index is 12.6. The zero-order valence-electron chi connectivity index (χ0n) is 14.7. The SMILES string of the molecule is CC(C)Cn1c([C@H]2CC(=O)N(c3ccccc3)C2)nc2ccccc21. The Morgan fingerprint density at radius 1 is 1.08 bits per heavy atom. The normalized spacial score (nSPS) is 17.8. The van der Waals surface area contributed by atoms with Gasteiger partial charge in [-0.25, -0.2) is 4.98 Å². The molecule has 1 aromatic heterocycles. The minimum Gasteiger partial charge on any atom is -0.327 e. The highest BCUT2D eigenvalue weighted by Crippen LogP contribution is 2.33. The molecule has 0 unspecified atom stereocenters. The summed E-state index contributed by atoms with van der Waals surface area (Å²) in [5.74, 6) is 1.89. The molecule has 1 amide bonds. The molecule has 1 saturated heterocycles. The van der Waals surface area contributed by atoms with Crippen LogP contribution in [0.15, 0.2) is 54.6 Å². The van der Waals surface area contributed by atoms with E-state index in [0.29, 0.717) is 18.9 Å². The lowest BCUT2D eigenvalue weighted by Crippen LogP contribution is -2.24. The minimum absolute atomic E-state index is 0.138. The molecule has 0 bridgehead atoms. The number of imidazole rings is 1. The summed E-state index contributed by atoms with van der Waals surface area (Å²) in [5.41, 5.74) is 3.15. The van der Waals surface area contributed by atoms with Crippen molar-refractivity contribution in [2.24, 2.45) is 5.92 Å². The third kappa shape index (κ3) is 2.93. The first-order chi connectivity index (χ1) is 12.1.